The average molecular weight is 655 g/mol. The highest BCUT2D eigenvalue weighted by Gasteiger charge is 2.34. The van der Waals surface area contributed by atoms with Gasteiger partial charge >= 0.3 is 0 Å². The first kappa shape index (κ1) is 36.5. The Morgan fingerprint density at radius 1 is 0.938 bits per heavy atom. The maximum Gasteiger partial charge on any atom is 0.300 e. The number of aromatic amines is 1. The number of anilines is 1. The van der Waals surface area contributed by atoms with E-state index in [2.05, 4.69) is 20.6 Å². The molecule has 0 aliphatic rings. The van der Waals surface area contributed by atoms with Gasteiger partial charge in [0, 0.05) is 38.3 Å². The van der Waals surface area contributed by atoms with Crippen molar-refractivity contribution >= 4 is 29.7 Å². The Morgan fingerprint density at radius 3 is 1.98 bits per heavy atom. The van der Waals surface area contributed by atoms with Gasteiger partial charge in [0.25, 0.3) is 11.5 Å². The van der Waals surface area contributed by atoms with Crippen LogP contribution in [0.25, 0.3) is 0 Å². The molecule has 13 nitrogen and oxygen atoms in total. The van der Waals surface area contributed by atoms with Crippen LogP contribution in [0, 0.1) is 12.3 Å². The van der Waals surface area contributed by atoms with Crippen LogP contribution < -0.4 is 27.7 Å². The number of amides is 2. The van der Waals surface area contributed by atoms with Crippen molar-refractivity contribution in [3.05, 3.63) is 129 Å². The van der Waals surface area contributed by atoms with Gasteiger partial charge in [0.2, 0.25) is 17.8 Å². The fraction of sp³-hybridized carbons (Fsp3) is 0.257. The van der Waals surface area contributed by atoms with Crippen LogP contribution in [0.15, 0.2) is 95.9 Å². The molecule has 1 heterocycles. The number of H-pyrrole nitrogens is 1. The van der Waals surface area contributed by atoms with Crippen molar-refractivity contribution < 1.29 is 19.5 Å². The topological polar surface area (TPSA) is 220 Å². The van der Waals surface area contributed by atoms with Crippen LogP contribution >= 0.6 is 0 Å². The van der Waals surface area contributed by atoms with Gasteiger partial charge in [0.1, 0.15) is 6.04 Å². The first-order chi connectivity index (χ1) is 23.0. The van der Waals surface area contributed by atoms with E-state index in [1.54, 1.807) is 11.8 Å². The normalized spacial score (nSPS) is 11.1. The summed E-state index contributed by atoms with van der Waals surface area (Å²) in [6.45, 7) is 3.72. The second-order valence-corrected chi connectivity index (χ2v) is 11.1. The molecule has 0 bridgehead atoms. The van der Waals surface area contributed by atoms with Gasteiger partial charge in [-0.3, -0.25) is 29.6 Å². The fourth-order valence-corrected chi connectivity index (χ4v) is 4.94. The van der Waals surface area contributed by atoms with E-state index in [0.717, 1.165) is 29.2 Å². The monoisotopic (exact) mass is 654 g/mol. The van der Waals surface area contributed by atoms with Crippen LogP contribution in [0.4, 0.5) is 5.95 Å². The third-order valence-corrected chi connectivity index (χ3v) is 7.28. The minimum atomic E-state index is -0.892. The molecule has 0 unspecified atom stereocenters. The second-order valence-electron chi connectivity index (χ2n) is 11.1. The molecule has 0 saturated carbocycles. The molecule has 0 aliphatic heterocycles. The van der Waals surface area contributed by atoms with Gasteiger partial charge in [0.15, 0.2) is 5.96 Å². The number of aliphatic carboxylic acids is 1. The zero-order valence-corrected chi connectivity index (χ0v) is 27.0. The summed E-state index contributed by atoms with van der Waals surface area (Å²) in [7, 11) is 0. The van der Waals surface area contributed by atoms with Gasteiger partial charge in [-0.05, 0) is 42.0 Å². The molecule has 0 fully saturated rings. The number of carbonyl (C=O) groups is 3. The molecule has 0 saturated heterocycles. The Kier molecular flexibility index (Phi) is 13.9. The molecule has 0 spiro atoms. The largest absolute Gasteiger partial charge is 0.481 e. The highest BCUT2D eigenvalue weighted by atomic mass is 16.4. The Labute approximate surface area is 278 Å². The second kappa shape index (κ2) is 18.2. The maximum absolute atomic E-state index is 14.5. The number of guanidine groups is 1. The van der Waals surface area contributed by atoms with E-state index in [9.17, 15) is 14.4 Å². The van der Waals surface area contributed by atoms with Crippen LogP contribution in [0.5, 0.6) is 0 Å². The number of aryl methyl sites for hydroxylation is 1. The first-order valence-corrected chi connectivity index (χ1v) is 15.3. The molecule has 252 valence electrons. The first-order valence-electron chi connectivity index (χ1n) is 15.3. The van der Waals surface area contributed by atoms with E-state index in [1.165, 1.54) is 6.20 Å². The number of aromatic nitrogens is 2. The molecule has 4 rings (SSSR count). The van der Waals surface area contributed by atoms with Crippen molar-refractivity contribution in [3.8, 4) is 0 Å². The number of carbonyl (C=O) groups excluding carboxylic acids is 2. The third kappa shape index (κ3) is 11.4. The van der Waals surface area contributed by atoms with Crippen molar-refractivity contribution in [1.82, 2.24) is 20.2 Å². The number of carboxylic acid groups (broad SMARTS) is 1. The summed E-state index contributed by atoms with van der Waals surface area (Å²) >= 11 is 0. The van der Waals surface area contributed by atoms with Gasteiger partial charge in [-0.15, -0.1) is 0 Å². The number of hydrogen-bond acceptors (Lipinski definition) is 7. The minimum absolute atomic E-state index is 0.156. The molecular formula is C35H42N8O5. The predicted molar refractivity (Wildman–Crippen MR) is 184 cm³/mol. The van der Waals surface area contributed by atoms with Crippen LogP contribution in [0.2, 0.25) is 0 Å². The summed E-state index contributed by atoms with van der Waals surface area (Å²) in [4.78, 5) is 56.7. The molecule has 0 aliphatic carbocycles. The Morgan fingerprint density at radius 2 is 1.48 bits per heavy atom. The molecule has 2 amide bonds. The van der Waals surface area contributed by atoms with Crippen LogP contribution in [0.3, 0.4) is 0 Å². The van der Waals surface area contributed by atoms with Crippen LogP contribution in [-0.2, 0) is 27.5 Å². The standard InChI is InChI=1S/C33H38N8O3.C2H4O2/c1-22-19-38-33(40-30(22)43)39-20-23-14-16-24(17-15-23)21-41(27(29(34)42)13-8-18-37-32(35)36)31(44)28(25-9-4-2-5-10-25)26-11-6-3-7-12-26;1-2(3)4/h2-7,9-12,14-17,19,27-28H,8,13,18,20-21H2,1H3,(H2,34,42)(H4,35,36,37)(H2,38,39,40,43);1H3,(H,3,4)/t27-;/m1./s1. The Hall–Kier alpha value is -5.98. The lowest BCUT2D eigenvalue weighted by atomic mass is 9.89. The van der Waals surface area contributed by atoms with E-state index in [0.29, 0.717) is 37.4 Å². The van der Waals surface area contributed by atoms with Crippen molar-refractivity contribution in [3.63, 3.8) is 0 Å². The highest BCUT2D eigenvalue weighted by molar-refractivity contribution is 5.92. The smallest absolute Gasteiger partial charge is 0.300 e. The van der Waals surface area contributed by atoms with Crippen molar-refractivity contribution in [2.24, 2.45) is 11.5 Å². The maximum atomic E-state index is 14.5. The van der Waals surface area contributed by atoms with Gasteiger partial charge in [-0.2, -0.15) is 0 Å². The zero-order chi connectivity index (χ0) is 35.1. The highest BCUT2D eigenvalue weighted by Crippen LogP contribution is 2.29. The summed E-state index contributed by atoms with van der Waals surface area (Å²) < 4.78 is 0. The van der Waals surface area contributed by atoms with Gasteiger partial charge in [-0.1, -0.05) is 84.9 Å². The minimum Gasteiger partial charge on any atom is -0.481 e. The van der Waals surface area contributed by atoms with E-state index < -0.39 is 23.8 Å². The molecular weight excluding hydrogens is 612 g/mol. The van der Waals surface area contributed by atoms with Crippen molar-refractivity contribution in [2.45, 2.75) is 51.7 Å². The summed E-state index contributed by atoms with van der Waals surface area (Å²) in [5, 5.41) is 20.7. The third-order valence-electron chi connectivity index (χ3n) is 7.28. The van der Waals surface area contributed by atoms with Gasteiger partial charge in [0.05, 0.1) is 5.92 Å². The molecule has 13 heteroatoms. The lowest BCUT2D eigenvalue weighted by Gasteiger charge is -2.33. The fourth-order valence-electron chi connectivity index (χ4n) is 4.94. The van der Waals surface area contributed by atoms with Crippen molar-refractivity contribution in [1.29, 1.82) is 5.41 Å². The lowest BCUT2D eigenvalue weighted by molar-refractivity contribution is -0.141. The number of rotatable bonds is 14. The molecule has 1 aromatic heterocycles. The summed E-state index contributed by atoms with van der Waals surface area (Å²) in [5.41, 5.74) is 15.0. The van der Waals surface area contributed by atoms with E-state index in [-0.39, 0.29) is 24.0 Å². The summed E-state index contributed by atoms with van der Waals surface area (Å²) in [5.74, 6) is -2.13. The number of carboxylic acids is 1. The number of hydrogen-bond donors (Lipinski definition) is 7. The van der Waals surface area contributed by atoms with E-state index in [1.807, 2.05) is 84.9 Å². The number of primary amides is 1. The summed E-state index contributed by atoms with van der Waals surface area (Å²) in [6, 6.07) is 25.7. The van der Waals surface area contributed by atoms with Gasteiger partial charge < -0.3 is 32.1 Å². The number of nitrogens with zero attached hydrogens (tertiary/aromatic N) is 2. The molecule has 0 radical (unpaired) electrons. The van der Waals surface area contributed by atoms with Crippen LogP contribution in [-0.4, -0.2) is 56.3 Å². The van der Waals surface area contributed by atoms with E-state index in [4.69, 9.17) is 26.8 Å². The molecule has 4 aromatic rings. The lowest BCUT2D eigenvalue weighted by Crippen LogP contribution is -2.49. The molecule has 3 aromatic carbocycles. The van der Waals surface area contributed by atoms with E-state index >= 15 is 0 Å². The van der Waals surface area contributed by atoms with Crippen molar-refractivity contribution in [2.75, 3.05) is 11.9 Å². The molecule has 48 heavy (non-hydrogen) atoms. The Balaban J connectivity index is 0.00000148. The average Bonchev–Trinajstić information content (AvgIpc) is 3.05. The number of benzene rings is 3. The SMILES string of the molecule is CC(=O)O.Cc1cnc(NCc2ccc(CN(C(=O)C(c3ccccc3)c3ccccc3)[C@H](CCCNC(=N)N)C(N)=O)cc2)[nH]c1=O. The number of nitrogens with one attached hydrogen (secondary N) is 4. The predicted octanol–water partition coefficient (Wildman–Crippen LogP) is 3.06. The quantitative estimate of drug-likeness (QED) is 0.0602. The molecule has 1 atom stereocenters. The number of nitrogens with two attached hydrogens (primary N) is 2. The summed E-state index contributed by atoms with van der Waals surface area (Å²) in [6.07, 6.45) is 2.28. The van der Waals surface area contributed by atoms with Gasteiger partial charge in [-0.25, -0.2) is 4.98 Å². The zero-order valence-electron chi connectivity index (χ0n) is 27.0. The molecule has 9 N–H and O–H groups in total. The Bertz CT molecular complexity index is 1670. The van der Waals surface area contributed by atoms with Crippen LogP contribution in [0.1, 0.15) is 53.5 Å².